The molecular weight excluding hydrogens is 534 g/mol. The van der Waals surface area contributed by atoms with Crippen molar-refractivity contribution in [3.8, 4) is 23.0 Å². The number of fused-ring (bicyclic) bond motifs is 2. The standard InChI is InChI=1S/C33H37N3O6/c1-4-5-15-36(33(38)24-11-13-29-31(18-24)42-22-41-29)21-32(37)35(20-23-10-12-28(39-2)30(17-23)40-3)16-14-25-19-34-27-9-7-6-8-26(25)27/h6-13,17-19,34H,4-5,14-16,20-22H2,1-3H3. The summed E-state index contributed by atoms with van der Waals surface area (Å²) in [6.45, 7) is 3.48. The van der Waals surface area contributed by atoms with Crippen molar-refractivity contribution < 1.29 is 28.5 Å². The molecule has 2 amide bonds. The number of unbranched alkanes of at least 4 members (excludes halogenated alkanes) is 1. The highest BCUT2D eigenvalue weighted by molar-refractivity contribution is 5.97. The third kappa shape index (κ3) is 6.46. The Hall–Kier alpha value is -4.66. The molecule has 3 aromatic carbocycles. The lowest BCUT2D eigenvalue weighted by Crippen LogP contribution is -2.43. The molecule has 1 aliphatic heterocycles. The Balaban J connectivity index is 1.38. The lowest BCUT2D eigenvalue weighted by molar-refractivity contribution is -0.132. The van der Waals surface area contributed by atoms with Gasteiger partial charge >= 0.3 is 0 Å². The predicted molar refractivity (Wildman–Crippen MR) is 160 cm³/mol. The number of aromatic nitrogens is 1. The number of amides is 2. The van der Waals surface area contributed by atoms with Gasteiger partial charge in [0, 0.05) is 42.3 Å². The van der Waals surface area contributed by atoms with Crippen LogP contribution in [0, 0.1) is 0 Å². The molecule has 0 fully saturated rings. The largest absolute Gasteiger partial charge is 0.493 e. The summed E-state index contributed by atoms with van der Waals surface area (Å²) >= 11 is 0. The molecule has 0 spiro atoms. The number of ether oxygens (including phenoxy) is 4. The number of methoxy groups -OCH3 is 2. The first-order valence-corrected chi connectivity index (χ1v) is 14.2. The molecule has 9 nitrogen and oxygen atoms in total. The van der Waals surface area contributed by atoms with Crippen molar-refractivity contribution in [2.75, 3.05) is 40.6 Å². The molecule has 2 heterocycles. The molecule has 0 bridgehead atoms. The molecule has 0 unspecified atom stereocenters. The Kier molecular flexibility index (Phi) is 9.16. The minimum atomic E-state index is -0.210. The summed E-state index contributed by atoms with van der Waals surface area (Å²) in [4.78, 5) is 34.4. The number of carbonyl (C=O) groups excluding carboxylic acids is 2. The predicted octanol–water partition coefficient (Wildman–Crippen LogP) is 5.43. The highest BCUT2D eigenvalue weighted by Crippen LogP contribution is 2.33. The summed E-state index contributed by atoms with van der Waals surface area (Å²) in [7, 11) is 3.19. The Morgan fingerprint density at radius 2 is 1.71 bits per heavy atom. The second-order valence-electron chi connectivity index (χ2n) is 10.3. The van der Waals surface area contributed by atoms with Crippen molar-refractivity contribution in [2.24, 2.45) is 0 Å². The van der Waals surface area contributed by atoms with E-state index in [0.29, 0.717) is 54.6 Å². The number of hydrogen-bond acceptors (Lipinski definition) is 6. The topological polar surface area (TPSA) is 93.3 Å². The fourth-order valence-electron chi connectivity index (χ4n) is 5.16. The number of nitrogens with zero attached hydrogens (tertiary/aromatic N) is 2. The second-order valence-corrected chi connectivity index (χ2v) is 10.3. The van der Waals surface area contributed by atoms with Gasteiger partial charge in [0.05, 0.1) is 14.2 Å². The highest BCUT2D eigenvalue weighted by atomic mass is 16.7. The molecule has 42 heavy (non-hydrogen) atoms. The summed E-state index contributed by atoms with van der Waals surface area (Å²) in [6, 6.07) is 18.9. The van der Waals surface area contributed by atoms with Gasteiger partial charge in [0.2, 0.25) is 12.7 Å². The first-order chi connectivity index (χ1) is 20.5. The maximum Gasteiger partial charge on any atom is 0.254 e. The summed E-state index contributed by atoms with van der Waals surface area (Å²) in [5, 5.41) is 1.14. The molecule has 9 heteroatoms. The minimum absolute atomic E-state index is 0.0333. The van der Waals surface area contributed by atoms with E-state index in [2.05, 4.69) is 18.0 Å². The van der Waals surface area contributed by atoms with Crippen LogP contribution in [0.25, 0.3) is 10.9 Å². The van der Waals surface area contributed by atoms with Gasteiger partial charge in [-0.15, -0.1) is 0 Å². The van der Waals surface area contributed by atoms with Crippen molar-refractivity contribution in [2.45, 2.75) is 32.7 Å². The number of carbonyl (C=O) groups is 2. The molecule has 0 atom stereocenters. The molecule has 4 aromatic rings. The molecule has 1 aliphatic rings. The van der Waals surface area contributed by atoms with Gasteiger partial charge in [0.25, 0.3) is 5.91 Å². The SMILES string of the molecule is CCCCN(CC(=O)N(CCc1c[nH]c2ccccc12)Cc1ccc(OC)c(OC)c1)C(=O)c1ccc2c(c1)OCO2. The zero-order chi connectivity index (χ0) is 29.5. The van der Waals surface area contributed by atoms with Crippen LogP contribution in [0.2, 0.25) is 0 Å². The average molecular weight is 572 g/mol. The van der Waals surface area contributed by atoms with Crippen LogP contribution < -0.4 is 18.9 Å². The van der Waals surface area contributed by atoms with Crippen LogP contribution in [0.15, 0.2) is 66.9 Å². The van der Waals surface area contributed by atoms with E-state index < -0.39 is 0 Å². The smallest absolute Gasteiger partial charge is 0.254 e. The lowest BCUT2D eigenvalue weighted by atomic mass is 10.1. The normalized spacial score (nSPS) is 11.9. The third-order valence-corrected chi connectivity index (χ3v) is 7.51. The second kappa shape index (κ2) is 13.3. The molecule has 1 aromatic heterocycles. The maximum atomic E-state index is 14.0. The molecular formula is C33H37N3O6. The first kappa shape index (κ1) is 28.9. The van der Waals surface area contributed by atoms with E-state index in [9.17, 15) is 9.59 Å². The Morgan fingerprint density at radius 1 is 0.905 bits per heavy atom. The van der Waals surface area contributed by atoms with E-state index >= 15 is 0 Å². The van der Waals surface area contributed by atoms with Crippen LogP contribution in [0.4, 0.5) is 0 Å². The minimum Gasteiger partial charge on any atom is -0.493 e. The van der Waals surface area contributed by atoms with Crippen LogP contribution >= 0.6 is 0 Å². The number of benzene rings is 3. The fourth-order valence-corrected chi connectivity index (χ4v) is 5.16. The van der Waals surface area contributed by atoms with E-state index in [-0.39, 0.29) is 25.2 Å². The Bertz CT molecular complexity index is 1550. The van der Waals surface area contributed by atoms with E-state index in [4.69, 9.17) is 18.9 Å². The molecule has 0 saturated heterocycles. The van der Waals surface area contributed by atoms with Crippen LogP contribution in [0.1, 0.15) is 41.3 Å². The number of hydrogen-bond donors (Lipinski definition) is 1. The summed E-state index contributed by atoms with van der Waals surface area (Å²) in [5.41, 5.74) is 3.57. The molecule has 1 N–H and O–H groups in total. The quantitative estimate of drug-likeness (QED) is 0.230. The van der Waals surface area contributed by atoms with Gasteiger partial charge in [-0.1, -0.05) is 37.6 Å². The van der Waals surface area contributed by atoms with Crippen molar-refractivity contribution >= 4 is 22.7 Å². The van der Waals surface area contributed by atoms with Gasteiger partial charge in [-0.05, 0) is 60.4 Å². The van der Waals surface area contributed by atoms with Gasteiger partial charge in [0.1, 0.15) is 6.54 Å². The van der Waals surface area contributed by atoms with Crippen molar-refractivity contribution in [3.63, 3.8) is 0 Å². The van der Waals surface area contributed by atoms with Crippen LogP contribution in [-0.2, 0) is 17.8 Å². The highest BCUT2D eigenvalue weighted by Gasteiger charge is 2.25. The number of para-hydroxylation sites is 1. The fraction of sp³-hybridized carbons (Fsp3) is 0.333. The summed E-state index contributed by atoms with van der Waals surface area (Å²) in [6.07, 6.45) is 4.35. The van der Waals surface area contributed by atoms with E-state index in [0.717, 1.165) is 34.9 Å². The van der Waals surface area contributed by atoms with E-state index in [1.807, 2.05) is 47.5 Å². The zero-order valence-electron chi connectivity index (χ0n) is 24.4. The van der Waals surface area contributed by atoms with Gasteiger partial charge in [-0.3, -0.25) is 9.59 Å². The number of rotatable bonds is 13. The zero-order valence-corrected chi connectivity index (χ0v) is 24.4. The monoisotopic (exact) mass is 571 g/mol. The third-order valence-electron chi connectivity index (χ3n) is 7.51. The molecule has 220 valence electrons. The molecule has 5 rings (SSSR count). The van der Waals surface area contributed by atoms with Crippen LogP contribution in [0.5, 0.6) is 23.0 Å². The van der Waals surface area contributed by atoms with Crippen LogP contribution in [0.3, 0.4) is 0 Å². The number of H-pyrrole nitrogens is 1. The van der Waals surface area contributed by atoms with Gasteiger partial charge in [0.15, 0.2) is 23.0 Å². The maximum absolute atomic E-state index is 14.0. The van der Waals surface area contributed by atoms with Gasteiger partial charge < -0.3 is 33.7 Å². The lowest BCUT2D eigenvalue weighted by Gasteiger charge is -2.28. The van der Waals surface area contributed by atoms with Gasteiger partial charge in [-0.2, -0.15) is 0 Å². The Morgan fingerprint density at radius 3 is 2.52 bits per heavy atom. The molecule has 0 saturated carbocycles. The average Bonchev–Trinajstić information content (AvgIpc) is 3.67. The van der Waals surface area contributed by atoms with Crippen molar-refractivity contribution in [1.82, 2.24) is 14.8 Å². The summed E-state index contributed by atoms with van der Waals surface area (Å²) < 4.78 is 21.8. The van der Waals surface area contributed by atoms with Crippen LogP contribution in [-0.4, -0.2) is 67.2 Å². The first-order valence-electron chi connectivity index (χ1n) is 14.2. The number of nitrogens with one attached hydrogen (secondary N) is 1. The van der Waals surface area contributed by atoms with Crippen molar-refractivity contribution in [3.05, 3.63) is 83.6 Å². The van der Waals surface area contributed by atoms with Crippen molar-refractivity contribution in [1.29, 1.82) is 0 Å². The summed E-state index contributed by atoms with van der Waals surface area (Å²) in [5.74, 6) is 2.03. The van der Waals surface area contributed by atoms with Gasteiger partial charge in [-0.25, -0.2) is 0 Å². The Labute approximate surface area is 245 Å². The number of aromatic amines is 1. The van der Waals surface area contributed by atoms with E-state index in [1.165, 1.54) is 0 Å². The van der Waals surface area contributed by atoms with E-state index in [1.54, 1.807) is 37.3 Å². The molecule has 0 radical (unpaired) electrons. The molecule has 0 aliphatic carbocycles.